The van der Waals surface area contributed by atoms with Crippen molar-refractivity contribution in [3.05, 3.63) is 77.1 Å². The Bertz CT molecular complexity index is 1130. The number of carbonyl (C=O) groups is 1. The third kappa shape index (κ3) is 3.43. The predicted molar refractivity (Wildman–Crippen MR) is 108 cm³/mol. The lowest BCUT2D eigenvalue weighted by Gasteiger charge is -2.34. The fourth-order valence-corrected chi connectivity index (χ4v) is 3.68. The summed E-state index contributed by atoms with van der Waals surface area (Å²) in [5.74, 6) is -5.97. The Morgan fingerprint density at radius 2 is 1.35 bits per heavy atom. The molecule has 0 unspecified atom stereocenters. The second-order valence-electron chi connectivity index (χ2n) is 6.93. The number of hydrogen-bond acceptors (Lipinski definition) is 5. The van der Waals surface area contributed by atoms with Crippen molar-refractivity contribution in [3.8, 4) is 17.2 Å². The Labute approximate surface area is 176 Å². The van der Waals surface area contributed by atoms with Gasteiger partial charge in [0.15, 0.2) is 11.6 Å². The molecular formula is C23H18F3NO4. The Hall–Kier alpha value is -3.68. The van der Waals surface area contributed by atoms with Gasteiger partial charge in [-0.25, -0.2) is 8.78 Å². The van der Waals surface area contributed by atoms with Gasteiger partial charge in [-0.3, -0.25) is 4.79 Å². The molecule has 0 fully saturated rings. The molecule has 1 heterocycles. The van der Waals surface area contributed by atoms with Crippen molar-refractivity contribution in [2.75, 3.05) is 26.2 Å². The van der Waals surface area contributed by atoms with E-state index in [0.29, 0.717) is 46.1 Å². The van der Waals surface area contributed by atoms with Crippen molar-refractivity contribution in [1.29, 1.82) is 0 Å². The highest BCUT2D eigenvalue weighted by atomic mass is 19.2. The molecule has 1 aliphatic rings. The van der Waals surface area contributed by atoms with Crippen LogP contribution in [0, 0.1) is 17.5 Å². The Balaban J connectivity index is 1.85. The van der Waals surface area contributed by atoms with Crippen molar-refractivity contribution in [2.45, 2.75) is 5.92 Å². The van der Waals surface area contributed by atoms with E-state index < -0.39 is 35.1 Å². The summed E-state index contributed by atoms with van der Waals surface area (Å²) in [7, 11) is 4.84. The first kappa shape index (κ1) is 20.6. The van der Waals surface area contributed by atoms with Gasteiger partial charge >= 0.3 is 5.97 Å². The molecule has 0 bridgehead atoms. The maximum absolute atomic E-state index is 14.1. The Kier molecular flexibility index (Phi) is 5.22. The van der Waals surface area contributed by atoms with Gasteiger partial charge in [-0.15, -0.1) is 0 Å². The molecule has 0 saturated carbocycles. The highest BCUT2D eigenvalue weighted by molar-refractivity contribution is 5.93. The number of hydrogen-bond donors (Lipinski definition) is 0. The number of fused-ring (bicyclic) bond motifs is 2. The summed E-state index contributed by atoms with van der Waals surface area (Å²) in [5.41, 5.74) is 2.37. The van der Waals surface area contributed by atoms with Crippen molar-refractivity contribution in [3.63, 3.8) is 0 Å². The van der Waals surface area contributed by atoms with E-state index in [1.54, 1.807) is 36.4 Å². The molecule has 4 rings (SSSR count). The lowest BCUT2D eigenvalue weighted by Crippen LogP contribution is -2.29. The summed E-state index contributed by atoms with van der Waals surface area (Å²) in [4.78, 5) is 15.0. The third-order valence-electron chi connectivity index (χ3n) is 5.26. The molecule has 0 radical (unpaired) electrons. The van der Waals surface area contributed by atoms with Crippen LogP contribution < -0.4 is 19.1 Å². The SMILES string of the molecule is COc1ccc2c(c1)N(C)c1cc(OC)ccc1C2C(=O)Oc1c(F)ccc(F)c1F. The minimum Gasteiger partial charge on any atom is -0.497 e. The fourth-order valence-electron chi connectivity index (χ4n) is 3.68. The minimum atomic E-state index is -1.56. The zero-order valence-electron chi connectivity index (χ0n) is 16.9. The number of ether oxygens (including phenoxy) is 3. The third-order valence-corrected chi connectivity index (χ3v) is 5.26. The van der Waals surface area contributed by atoms with Crippen LogP contribution in [-0.4, -0.2) is 27.2 Å². The number of carbonyl (C=O) groups excluding carboxylic acids is 1. The van der Waals surface area contributed by atoms with E-state index >= 15 is 0 Å². The summed E-state index contributed by atoms with van der Waals surface area (Å²) in [5, 5.41) is 0. The first-order chi connectivity index (χ1) is 14.8. The number of nitrogens with zero attached hydrogens (tertiary/aromatic N) is 1. The molecule has 3 aromatic rings. The van der Waals surface area contributed by atoms with Gasteiger partial charge in [0.2, 0.25) is 11.6 Å². The lowest BCUT2D eigenvalue weighted by atomic mass is 9.85. The second-order valence-corrected chi connectivity index (χ2v) is 6.93. The normalized spacial score (nSPS) is 12.8. The van der Waals surface area contributed by atoms with Crippen molar-refractivity contribution < 1.29 is 32.2 Å². The largest absolute Gasteiger partial charge is 0.497 e. The smallest absolute Gasteiger partial charge is 0.323 e. The van der Waals surface area contributed by atoms with Gasteiger partial charge in [0.05, 0.1) is 14.2 Å². The van der Waals surface area contributed by atoms with Crippen LogP contribution in [0.4, 0.5) is 24.5 Å². The molecule has 0 spiro atoms. The molecule has 1 aliphatic heterocycles. The fraction of sp³-hybridized carbons (Fsp3) is 0.174. The molecule has 0 aromatic heterocycles. The molecule has 0 N–H and O–H groups in total. The van der Waals surface area contributed by atoms with E-state index in [4.69, 9.17) is 14.2 Å². The molecule has 5 nitrogen and oxygen atoms in total. The topological polar surface area (TPSA) is 48.0 Å². The maximum Gasteiger partial charge on any atom is 0.323 e. The van der Waals surface area contributed by atoms with Crippen LogP contribution in [0.25, 0.3) is 0 Å². The summed E-state index contributed by atoms with van der Waals surface area (Å²) in [6.45, 7) is 0. The van der Waals surface area contributed by atoms with Crippen LogP contribution in [0.2, 0.25) is 0 Å². The van der Waals surface area contributed by atoms with E-state index in [1.807, 2.05) is 11.9 Å². The summed E-state index contributed by atoms with van der Waals surface area (Å²) >= 11 is 0. The Morgan fingerprint density at radius 1 is 0.839 bits per heavy atom. The molecule has 160 valence electrons. The van der Waals surface area contributed by atoms with E-state index in [9.17, 15) is 18.0 Å². The van der Waals surface area contributed by atoms with Crippen LogP contribution in [0.15, 0.2) is 48.5 Å². The average molecular weight is 429 g/mol. The lowest BCUT2D eigenvalue weighted by molar-refractivity contribution is -0.135. The molecule has 0 amide bonds. The van der Waals surface area contributed by atoms with Gasteiger partial charge in [0, 0.05) is 30.6 Å². The van der Waals surface area contributed by atoms with Crippen molar-refractivity contribution in [2.24, 2.45) is 0 Å². The maximum atomic E-state index is 14.1. The standard InChI is InChI=1S/C23H18F3NO4/c1-27-18-10-12(29-2)4-6-14(18)20(15-7-5-13(30-3)11-19(15)27)23(28)31-22-17(25)9-8-16(24)21(22)26/h4-11,20H,1-3H3. The van der Waals surface area contributed by atoms with Gasteiger partial charge in [0.25, 0.3) is 0 Å². The highest BCUT2D eigenvalue weighted by Gasteiger charge is 2.36. The first-order valence-electron chi connectivity index (χ1n) is 9.30. The minimum absolute atomic E-state index is 0.545. The molecule has 0 atom stereocenters. The highest BCUT2D eigenvalue weighted by Crippen LogP contribution is 2.47. The summed E-state index contributed by atoms with van der Waals surface area (Å²) in [6, 6.07) is 11.5. The number of methoxy groups -OCH3 is 2. The van der Waals surface area contributed by atoms with Crippen LogP contribution in [0.5, 0.6) is 17.2 Å². The second kappa shape index (κ2) is 7.86. The number of halogens is 3. The molecular weight excluding hydrogens is 411 g/mol. The van der Waals surface area contributed by atoms with Crippen molar-refractivity contribution >= 4 is 17.3 Å². The van der Waals surface area contributed by atoms with Crippen LogP contribution in [0.3, 0.4) is 0 Å². The molecule has 31 heavy (non-hydrogen) atoms. The van der Waals surface area contributed by atoms with E-state index in [2.05, 4.69) is 0 Å². The summed E-state index contributed by atoms with van der Waals surface area (Å²) in [6.07, 6.45) is 0. The number of rotatable bonds is 4. The molecule has 3 aromatic carbocycles. The van der Waals surface area contributed by atoms with Crippen molar-refractivity contribution in [1.82, 2.24) is 0 Å². The van der Waals surface area contributed by atoms with Gasteiger partial charge in [-0.2, -0.15) is 4.39 Å². The van der Waals surface area contributed by atoms with Gasteiger partial charge in [-0.1, -0.05) is 12.1 Å². The van der Waals surface area contributed by atoms with Crippen LogP contribution >= 0.6 is 0 Å². The number of anilines is 2. The molecule has 8 heteroatoms. The van der Waals surface area contributed by atoms with Crippen LogP contribution in [0.1, 0.15) is 17.0 Å². The van der Waals surface area contributed by atoms with Gasteiger partial charge in [0.1, 0.15) is 17.4 Å². The van der Waals surface area contributed by atoms with Gasteiger partial charge < -0.3 is 19.1 Å². The average Bonchev–Trinajstić information content (AvgIpc) is 2.79. The Morgan fingerprint density at radius 3 is 1.87 bits per heavy atom. The zero-order chi connectivity index (χ0) is 22.3. The predicted octanol–water partition coefficient (Wildman–Crippen LogP) is 4.94. The van der Waals surface area contributed by atoms with Gasteiger partial charge in [-0.05, 0) is 35.4 Å². The number of benzene rings is 3. The van der Waals surface area contributed by atoms with E-state index in [-0.39, 0.29) is 0 Å². The number of esters is 1. The monoisotopic (exact) mass is 429 g/mol. The van der Waals surface area contributed by atoms with E-state index in [0.717, 1.165) is 0 Å². The quantitative estimate of drug-likeness (QED) is 0.334. The molecule has 0 saturated heterocycles. The first-order valence-corrected chi connectivity index (χ1v) is 9.30. The summed E-state index contributed by atoms with van der Waals surface area (Å²) < 4.78 is 57.4. The zero-order valence-corrected chi connectivity index (χ0v) is 16.9. The van der Waals surface area contributed by atoms with E-state index in [1.165, 1.54) is 14.2 Å². The molecule has 0 aliphatic carbocycles. The van der Waals surface area contributed by atoms with Crippen LogP contribution in [-0.2, 0) is 4.79 Å².